The van der Waals surface area contributed by atoms with Crippen LogP contribution in [0, 0.1) is 5.92 Å². The minimum absolute atomic E-state index is 0.228. The summed E-state index contributed by atoms with van der Waals surface area (Å²) in [6, 6.07) is -0.462. The first-order valence-electron chi connectivity index (χ1n) is 4.31. The second kappa shape index (κ2) is 2.47. The Labute approximate surface area is 73.5 Å². The number of fused-ring (bicyclic) bond motifs is 2. The maximum Gasteiger partial charge on any atom is 0.121 e. The molecule has 2 bridgehead atoms. The molecule has 4 heteroatoms. The van der Waals surface area contributed by atoms with Crippen molar-refractivity contribution in [1.29, 1.82) is 0 Å². The molecule has 0 aromatic rings. The second-order valence-corrected chi connectivity index (χ2v) is 3.91. The highest BCUT2D eigenvalue weighted by molar-refractivity contribution is 6.11. The number of aliphatic hydroxyl groups is 1. The second-order valence-electron chi connectivity index (χ2n) is 3.91. The monoisotopic (exact) mass is 168 g/mol. The van der Waals surface area contributed by atoms with E-state index in [2.05, 4.69) is 0 Å². The Balaban J connectivity index is 2.27. The summed E-state index contributed by atoms with van der Waals surface area (Å²) in [6.07, 6.45) is -0.889. The Morgan fingerprint density at radius 1 is 1.58 bits per heavy atom. The van der Waals surface area contributed by atoms with E-state index in [1.165, 1.54) is 0 Å². The molecular formula is C8H13BO3. The molecule has 2 aliphatic rings. The van der Waals surface area contributed by atoms with Gasteiger partial charge >= 0.3 is 0 Å². The van der Waals surface area contributed by atoms with Crippen LogP contribution in [0.2, 0.25) is 0 Å². The molecule has 0 aliphatic carbocycles. The van der Waals surface area contributed by atoms with E-state index in [0.29, 0.717) is 6.61 Å². The third-order valence-electron chi connectivity index (χ3n) is 2.97. The SMILES string of the molecule is [B][C@@H]1O[C@@]2(C(C)C)CO[C@@H]1[C@@H]2O. The topological polar surface area (TPSA) is 38.7 Å². The molecule has 2 radical (unpaired) electrons. The number of rotatable bonds is 1. The zero-order valence-corrected chi connectivity index (χ0v) is 7.36. The van der Waals surface area contributed by atoms with E-state index < -0.39 is 17.7 Å². The molecule has 0 unspecified atom stereocenters. The van der Waals surface area contributed by atoms with Gasteiger partial charge in [-0.25, -0.2) is 0 Å². The molecule has 12 heavy (non-hydrogen) atoms. The summed E-state index contributed by atoms with van der Waals surface area (Å²) in [5.74, 6) is 0.228. The van der Waals surface area contributed by atoms with Gasteiger partial charge in [0.05, 0.1) is 6.61 Å². The maximum absolute atomic E-state index is 9.79. The molecule has 0 aromatic heterocycles. The minimum atomic E-state index is -0.563. The summed E-state index contributed by atoms with van der Waals surface area (Å²) in [6.45, 7) is 4.48. The molecule has 66 valence electrons. The van der Waals surface area contributed by atoms with E-state index in [9.17, 15) is 5.11 Å². The number of hydrogen-bond acceptors (Lipinski definition) is 3. The molecule has 0 amide bonds. The van der Waals surface area contributed by atoms with Crippen LogP contribution in [0.15, 0.2) is 0 Å². The number of ether oxygens (including phenoxy) is 2. The highest BCUT2D eigenvalue weighted by atomic mass is 16.6. The van der Waals surface area contributed by atoms with Crippen molar-refractivity contribution >= 4 is 7.85 Å². The molecule has 2 fully saturated rings. The summed E-state index contributed by atoms with van der Waals surface area (Å²) in [7, 11) is 5.63. The standard InChI is InChI=1S/C8H13BO3/c1-4(2)8-3-11-5(6(8)10)7(9)12-8/h4-7,10H,3H2,1-2H3/t5-,6+,7-,8-/m1/s1. The van der Waals surface area contributed by atoms with Crippen LogP contribution >= 0.6 is 0 Å². The minimum Gasteiger partial charge on any atom is -0.387 e. The van der Waals surface area contributed by atoms with Crippen LogP contribution in [0.4, 0.5) is 0 Å². The summed E-state index contributed by atoms with van der Waals surface area (Å²) >= 11 is 0. The van der Waals surface area contributed by atoms with E-state index in [1.54, 1.807) is 0 Å². The first-order chi connectivity index (χ1) is 5.58. The van der Waals surface area contributed by atoms with Gasteiger partial charge < -0.3 is 14.6 Å². The molecule has 3 nitrogen and oxygen atoms in total. The van der Waals surface area contributed by atoms with E-state index in [-0.39, 0.29) is 12.0 Å². The Hall–Kier alpha value is -0.0551. The molecule has 1 N–H and O–H groups in total. The summed E-state index contributed by atoms with van der Waals surface area (Å²) < 4.78 is 10.9. The molecule has 2 heterocycles. The molecule has 0 saturated carbocycles. The van der Waals surface area contributed by atoms with Gasteiger partial charge in [0.25, 0.3) is 0 Å². The summed E-state index contributed by atoms with van der Waals surface area (Å²) in [4.78, 5) is 0. The van der Waals surface area contributed by atoms with E-state index in [0.717, 1.165) is 0 Å². The van der Waals surface area contributed by atoms with Gasteiger partial charge in [0.2, 0.25) is 0 Å². The zero-order valence-electron chi connectivity index (χ0n) is 7.36. The zero-order chi connectivity index (χ0) is 8.93. The fourth-order valence-electron chi connectivity index (χ4n) is 2.02. The van der Waals surface area contributed by atoms with Gasteiger partial charge in [-0.05, 0) is 5.92 Å². The Morgan fingerprint density at radius 3 is 2.50 bits per heavy atom. The van der Waals surface area contributed by atoms with Crippen molar-refractivity contribution in [3.63, 3.8) is 0 Å². The van der Waals surface area contributed by atoms with Gasteiger partial charge in [-0.15, -0.1) is 0 Å². The van der Waals surface area contributed by atoms with Gasteiger partial charge in [0.1, 0.15) is 25.7 Å². The van der Waals surface area contributed by atoms with Gasteiger partial charge in [-0.1, -0.05) is 13.8 Å². The Bertz CT molecular complexity index is 197. The van der Waals surface area contributed by atoms with Gasteiger partial charge in [0, 0.05) is 6.00 Å². The lowest BCUT2D eigenvalue weighted by atomic mass is 9.86. The van der Waals surface area contributed by atoms with Crippen LogP contribution in [-0.2, 0) is 9.47 Å². The van der Waals surface area contributed by atoms with Crippen molar-refractivity contribution < 1.29 is 14.6 Å². The van der Waals surface area contributed by atoms with Crippen LogP contribution in [-0.4, -0.2) is 43.4 Å². The lowest BCUT2D eigenvalue weighted by Crippen LogP contribution is -2.45. The van der Waals surface area contributed by atoms with Crippen molar-refractivity contribution in [3.05, 3.63) is 0 Å². The van der Waals surface area contributed by atoms with E-state index in [4.69, 9.17) is 17.3 Å². The Kier molecular flexibility index (Phi) is 1.76. The molecule has 2 aliphatic heterocycles. The maximum atomic E-state index is 9.79. The average Bonchev–Trinajstić information content (AvgIpc) is 2.42. The average molecular weight is 168 g/mol. The first kappa shape index (κ1) is 8.54. The molecule has 0 aromatic carbocycles. The third kappa shape index (κ3) is 0.831. The van der Waals surface area contributed by atoms with Crippen LogP contribution in [0.5, 0.6) is 0 Å². The van der Waals surface area contributed by atoms with Gasteiger partial charge in [-0.2, -0.15) is 0 Å². The van der Waals surface area contributed by atoms with Crippen LogP contribution in [0.3, 0.4) is 0 Å². The quantitative estimate of drug-likeness (QED) is 0.544. The Morgan fingerprint density at radius 2 is 2.25 bits per heavy atom. The van der Waals surface area contributed by atoms with Crippen molar-refractivity contribution in [2.75, 3.05) is 6.61 Å². The smallest absolute Gasteiger partial charge is 0.121 e. The van der Waals surface area contributed by atoms with Crippen molar-refractivity contribution in [2.24, 2.45) is 5.92 Å². The largest absolute Gasteiger partial charge is 0.387 e. The van der Waals surface area contributed by atoms with Crippen molar-refractivity contribution in [2.45, 2.75) is 37.7 Å². The highest BCUT2D eigenvalue weighted by Crippen LogP contribution is 2.43. The molecule has 4 atom stereocenters. The first-order valence-corrected chi connectivity index (χ1v) is 4.31. The van der Waals surface area contributed by atoms with Crippen LogP contribution < -0.4 is 0 Å². The predicted molar refractivity (Wildman–Crippen MR) is 43.9 cm³/mol. The van der Waals surface area contributed by atoms with Crippen LogP contribution in [0.1, 0.15) is 13.8 Å². The summed E-state index contributed by atoms with van der Waals surface area (Å²) in [5, 5.41) is 9.79. The number of aliphatic hydroxyl groups excluding tert-OH is 1. The summed E-state index contributed by atoms with van der Waals surface area (Å²) in [5.41, 5.74) is -0.552. The van der Waals surface area contributed by atoms with E-state index in [1.807, 2.05) is 13.8 Å². The van der Waals surface area contributed by atoms with Crippen molar-refractivity contribution in [3.8, 4) is 0 Å². The normalized spacial score (nSPS) is 52.2. The number of hydrogen-bond donors (Lipinski definition) is 1. The third-order valence-corrected chi connectivity index (χ3v) is 2.97. The molecule has 2 saturated heterocycles. The highest BCUT2D eigenvalue weighted by Gasteiger charge is 2.60. The molecular weight excluding hydrogens is 155 g/mol. The molecule has 2 rings (SSSR count). The lowest BCUT2D eigenvalue weighted by Gasteiger charge is -2.33. The van der Waals surface area contributed by atoms with Crippen LogP contribution in [0.25, 0.3) is 0 Å². The van der Waals surface area contributed by atoms with Crippen molar-refractivity contribution in [1.82, 2.24) is 0 Å². The fraction of sp³-hybridized carbons (Fsp3) is 1.00. The van der Waals surface area contributed by atoms with E-state index >= 15 is 0 Å². The van der Waals surface area contributed by atoms with Gasteiger partial charge in [-0.3, -0.25) is 0 Å². The fourth-order valence-corrected chi connectivity index (χ4v) is 2.02. The molecule has 0 spiro atoms. The lowest BCUT2D eigenvalue weighted by molar-refractivity contribution is -0.138. The van der Waals surface area contributed by atoms with Gasteiger partial charge in [0.15, 0.2) is 0 Å². The predicted octanol–water partition coefficient (Wildman–Crippen LogP) is -0.334.